The maximum atomic E-state index is 9.33. The van der Waals surface area contributed by atoms with Crippen molar-refractivity contribution in [3.8, 4) is 11.8 Å². The molecule has 124 valence electrons. The zero-order chi connectivity index (χ0) is 16.9. The van der Waals surface area contributed by atoms with E-state index in [1.54, 1.807) is 18.3 Å². The molecular weight excluding hydrogens is 366 g/mol. The second kappa shape index (κ2) is 7.67. The van der Waals surface area contributed by atoms with Gasteiger partial charge in [0.1, 0.15) is 17.6 Å². The Morgan fingerprint density at radius 3 is 2.92 bits per heavy atom. The van der Waals surface area contributed by atoms with Gasteiger partial charge in [-0.3, -0.25) is 0 Å². The molecule has 24 heavy (non-hydrogen) atoms. The highest BCUT2D eigenvalue weighted by molar-refractivity contribution is 9.10. The monoisotopic (exact) mass is 385 g/mol. The van der Waals surface area contributed by atoms with E-state index in [1.807, 2.05) is 12.1 Å². The molecule has 0 N–H and O–H groups in total. The van der Waals surface area contributed by atoms with Crippen molar-refractivity contribution < 1.29 is 4.74 Å². The van der Waals surface area contributed by atoms with E-state index >= 15 is 0 Å². The first-order chi connectivity index (χ1) is 11.7. The fourth-order valence-electron chi connectivity index (χ4n) is 2.58. The van der Waals surface area contributed by atoms with Gasteiger partial charge in [0.15, 0.2) is 0 Å². The second-order valence-electron chi connectivity index (χ2n) is 6.01. The lowest BCUT2D eigenvalue weighted by Crippen LogP contribution is -2.24. The highest BCUT2D eigenvalue weighted by atomic mass is 79.9. The van der Waals surface area contributed by atoms with Gasteiger partial charge in [-0.15, -0.1) is 0 Å². The molecule has 3 rings (SSSR count). The third-order valence-electron chi connectivity index (χ3n) is 4.14. The molecule has 1 saturated carbocycles. The van der Waals surface area contributed by atoms with Crippen LogP contribution in [0.1, 0.15) is 30.9 Å². The standard InChI is InChI=1S/C19H20BrN3O/c1-2-23(19-15(11-21)4-3-9-22-19)12-16-10-17(20)7-8-18(16)24-13-14-5-6-14/h3-4,7-10,14H,2,5-6,12-13H2,1H3. The number of hydrogen-bond donors (Lipinski definition) is 0. The third-order valence-corrected chi connectivity index (χ3v) is 4.64. The smallest absolute Gasteiger partial charge is 0.146 e. The predicted molar refractivity (Wildman–Crippen MR) is 98.0 cm³/mol. The Balaban J connectivity index is 1.84. The quantitative estimate of drug-likeness (QED) is 0.702. The molecule has 0 amide bonds. The number of pyridine rings is 1. The number of nitrogens with zero attached hydrogens (tertiary/aromatic N) is 3. The molecule has 0 unspecified atom stereocenters. The van der Waals surface area contributed by atoms with Crippen molar-refractivity contribution in [2.45, 2.75) is 26.3 Å². The van der Waals surface area contributed by atoms with Crippen molar-refractivity contribution >= 4 is 21.7 Å². The molecule has 2 aromatic rings. The number of aromatic nitrogens is 1. The molecule has 1 aromatic heterocycles. The first kappa shape index (κ1) is 16.8. The lowest BCUT2D eigenvalue weighted by Gasteiger charge is -2.24. The second-order valence-corrected chi connectivity index (χ2v) is 6.92. The van der Waals surface area contributed by atoms with E-state index < -0.39 is 0 Å². The Hall–Kier alpha value is -2.06. The Morgan fingerprint density at radius 1 is 1.38 bits per heavy atom. The molecule has 1 aliphatic carbocycles. The van der Waals surface area contributed by atoms with Gasteiger partial charge in [-0.25, -0.2) is 4.98 Å². The maximum Gasteiger partial charge on any atom is 0.146 e. The molecule has 0 bridgehead atoms. The predicted octanol–water partition coefficient (Wildman–Crippen LogP) is 4.53. The molecule has 1 fully saturated rings. The van der Waals surface area contributed by atoms with Crippen LogP contribution in [-0.2, 0) is 6.54 Å². The Labute approximate surface area is 151 Å². The summed E-state index contributed by atoms with van der Waals surface area (Å²) in [6, 6.07) is 11.9. The lowest BCUT2D eigenvalue weighted by molar-refractivity contribution is 0.296. The molecule has 0 aliphatic heterocycles. The van der Waals surface area contributed by atoms with E-state index in [9.17, 15) is 5.26 Å². The van der Waals surface area contributed by atoms with Crippen LogP contribution in [0, 0.1) is 17.2 Å². The normalized spacial score (nSPS) is 13.4. The molecule has 0 spiro atoms. The highest BCUT2D eigenvalue weighted by Gasteiger charge is 2.22. The number of hydrogen-bond acceptors (Lipinski definition) is 4. The van der Waals surface area contributed by atoms with Crippen LogP contribution in [0.2, 0.25) is 0 Å². The molecule has 1 aromatic carbocycles. The van der Waals surface area contributed by atoms with Crippen LogP contribution in [0.15, 0.2) is 41.0 Å². The zero-order valence-electron chi connectivity index (χ0n) is 13.7. The van der Waals surface area contributed by atoms with Crippen LogP contribution in [0.4, 0.5) is 5.82 Å². The van der Waals surface area contributed by atoms with Crippen molar-refractivity contribution in [2.75, 3.05) is 18.1 Å². The molecule has 0 atom stereocenters. The van der Waals surface area contributed by atoms with E-state index in [1.165, 1.54) is 12.8 Å². The largest absolute Gasteiger partial charge is 0.493 e. The Kier molecular flexibility index (Phi) is 5.37. The van der Waals surface area contributed by atoms with Crippen molar-refractivity contribution in [2.24, 2.45) is 5.92 Å². The summed E-state index contributed by atoms with van der Waals surface area (Å²) in [5, 5.41) is 9.33. The summed E-state index contributed by atoms with van der Waals surface area (Å²) >= 11 is 3.54. The summed E-state index contributed by atoms with van der Waals surface area (Å²) in [6.45, 7) is 4.27. The minimum Gasteiger partial charge on any atom is -0.493 e. The molecule has 5 heteroatoms. The van der Waals surface area contributed by atoms with Crippen LogP contribution in [-0.4, -0.2) is 18.1 Å². The topological polar surface area (TPSA) is 49.1 Å². The molecule has 4 nitrogen and oxygen atoms in total. The fraction of sp³-hybridized carbons (Fsp3) is 0.368. The summed E-state index contributed by atoms with van der Waals surface area (Å²) in [5.41, 5.74) is 1.69. The zero-order valence-corrected chi connectivity index (χ0v) is 15.3. The molecule has 1 heterocycles. The fourth-order valence-corrected chi connectivity index (χ4v) is 2.99. The summed E-state index contributed by atoms with van der Waals surface area (Å²) in [5.74, 6) is 2.35. The van der Waals surface area contributed by atoms with Gasteiger partial charge in [0.2, 0.25) is 0 Å². The molecular formula is C19H20BrN3O. The SMILES string of the molecule is CCN(Cc1cc(Br)ccc1OCC1CC1)c1ncccc1C#N. The first-order valence-electron chi connectivity index (χ1n) is 8.22. The summed E-state index contributed by atoms with van der Waals surface area (Å²) in [6.07, 6.45) is 4.27. The average Bonchev–Trinajstić information content (AvgIpc) is 3.43. The molecule has 0 radical (unpaired) electrons. The number of nitriles is 1. The van der Waals surface area contributed by atoms with Crippen LogP contribution >= 0.6 is 15.9 Å². The number of anilines is 1. The number of halogens is 1. The molecule has 1 aliphatic rings. The number of benzene rings is 1. The first-order valence-corrected chi connectivity index (χ1v) is 9.02. The van der Waals surface area contributed by atoms with Crippen molar-refractivity contribution in [3.63, 3.8) is 0 Å². The van der Waals surface area contributed by atoms with Gasteiger partial charge in [-0.2, -0.15) is 5.26 Å². The van der Waals surface area contributed by atoms with Crippen molar-refractivity contribution in [1.82, 2.24) is 4.98 Å². The molecule has 0 saturated heterocycles. The van der Waals surface area contributed by atoms with Gasteiger partial charge in [0.05, 0.1) is 12.2 Å². The highest BCUT2D eigenvalue weighted by Crippen LogP contribution is 2.32. The van der Waals surface area contributed by atoms with Gasteiger partial charge in [-0.1, -0.05) is 15.9 Å². The van der Waals surface area contributed by atoms with Crippen LogP contribution < -0.4 is 9.64 Å². The minimum absolute atomic E-state index is 0.592. The van der Waals surface area contributed by atoms with Gasteiger partial charge >= 0.3 is 0 Å². The van der Waals surface area contributed by atoms with E-state index in [2.05, 4.69) is 44.9 Å². The van der Waals surface area contributed by atoms with Crippen LogP contribution in [0.5, 0.6) is 5.75 Å². The average molecular weight is 386 g/mol. The Morgan fingerprint density at radius 2 is 2.21 bits per heavy atom. The van der Waals surface area contributed by atoms with E-state index in [0.29, 0.717) is 18.0 Å². The summed E-state index contributed by atoms with van der Waals surface area (Å²) in [4.78, 5) is 6.51. The number of rotatable bonds is 7. The van der Waals surface area contributed by atoms with Crippen LogP contribution in [0.25, 0.3) is 0 Å². The van der Waals surface area contributed by atoms with Crippen molar-refractivity contribution in [3.05, 3.63) is 52.1 Å². The maximum absolute atomic E-state index is 9.33. The summed E-state index contributed by atoms with van der Waals surface area (Å²) < 4.78 is 7.04. The minimum atomic E-state index is 0.592. The van der Waals surface area contributed by atoms with Crippen LogP contribution in [0.3, 0.4) is 0 Å². The van der Waals surface area contributed by atoms with Gasteiger partial charge < -0.3 is 9.64 Å². The van der Waals surface area contributed by atoms with E-state index in [0.717, 1.165) is 34.8 Å². The summed E-state index contributed by atoms with van der Waals surface area (Å²) in [7, 11) is 0. The lowest BCUT2D eigenvalue weighted by atomic mass is 10.1. The van der Waals surface area contributed by atoms with E-state index in [-0.39, 0.29) is 0 Å². The van der Waals surface area contributed by atoms with Crippen molar-refractivity contribution in [1.29, 1.82) is 5.26 Å². The van der Waals surface area contributed by atoms with Gasteiger partial charge in [-0.05, 0) is 56.0 Å². The van der Waals surface area contributed by atoms with E-state index in [4.69, 9.17) is 4.74 Å². The van der Waals surface area contributed by atoms with Gasteiger partial charge in [0.25, 0.3) is 0 Å². The number of ether oxygens (including phenoxy) is 1. The Bertz CT molecular complexity index is 753. The van der Waals surface area contributed by atoms with Gasteiger partial charge in [0, 0.05) is 29.3 Å². The third kappa shape index (κ3) is 4.07.